The summed E-state index contributed by atoms with van der Waals surface area (Å²) in [7, 11) is 0. The quantitative estimate of drug-likeness (QED) is 0.866. The lowest BCUT2D eigenvalue weighted by atomic mass is 10.2. The summed E-state index contributed by atoms with van der Waals surface area (Å²) >= 11 is 0. The van der Waals surface area contributed by atoms with Crippen LogP contribution in [0.25, 0.3) is 0 Å². The zero-order valence-corrected chi connectivity index (χ0v) is 9.42. The molecular weight excluding hydrogens is 216 g/mol. The maximum Gasteiger partial charge on any atom is 0.166 e. The van der Waals surface area contributed by atoms with Crippen molar-refractivity contribution in [3.05, 3.63) is 42.0 Å². The van der Waals surface area contributed by atoms with E-state index in [-0.39, 0.29) is 6.04 Å². The summed E-state index contributed by atoms with van der Waals surface area (Å²) in [5.74, 6) is 1.40. The van der Waals surface area contributed by atoms with Crippen LogP contribution < -0.4 is 5.32 Å². The Hall–Kier alpha value is -2.35. The molecule has 17 heavy (non-hydrogen) atoms. The number of aromatic nitrogens is 2. The fraction of sp³-hybridized carbons (Fsp3) is 0.250. The van der Waals surface area contributed by atoms with Gasteiger partial charge < -0.3 is 9.73 Å². The Bertz CT molecular complexity index is 516. The Kier molecular flexibility index (Phi) is 3.36. The number of nitrogens with one attached hydrogen (secondary N) is 1. The summed E-state index contributed by atoms with van der Waals surface area (Å²) in [6.45, 7) is 2.00. The van der Waals surface area contributed by atoms with Gasteiger partial charge in [0.25, 0.3) is 0 Å². The second-order valence-electron chi connectivity index (χ2n) is 3.73. The van der Waals surface area contributed by atoms with E-state index in [1.807, 2.05) is 19.1 Å². The first-order valence-corrected chi connectivity index (χ1v) is 5.30. The molecule has 0 aliphatic heterocycles. The van der Waals surface area contributed by atoms with Gasteiger partial charge >= 0.3 is 0 Å². The molecule has 0 amide bonds. The van der Waals surface area contributed by atoms with Crippen LogP contribution >= 0.6 is 0 Å². The summed E-state index contributed by atoms with van der Waals surface area (Å²) in [6, 6.07) is 7.59. The van der Waals surface area contributed by atoms with Gasteiger partial charge in [-0.3, -0.25) is 0 Å². The molecule has 2 aromatic heterocycles. The van der Waals surface area contributed by atoms with Crippen LogP contribution in [0.1, 0.15) is 18.2 Å². The van der Waals surface area contributed by atoms with Gasteiger partial charge in [0.05, 0.1) is 18.0 Å². The first-order chi connectivity index (χ1) is 8.29. The standard InChI is InChI=1S/C12H12N4O/c1-9(7-11-3-2-6-17-11)15-12-10(8-13)4-5-14-16-12/h2-6,9H,7H2,1H3,(H,15,16). The van der Waals surface area contributed by atoms with Gasteiger partial charge in [0.2, 0.25) is 0 Å². The van der Waals surface area contributed by atoms with Crippen molar-refractivity contribution < 1.29 is 4.42 Å². The van der Waals surface area contributed by atoms with Crippen LogP contribution in [0.4, 0.5) is 5.82 Å². The van der Waals surface area contributed by atoms with E-state index in [1.165, 1.54) is 6.20 Å². The molecule has 2 rings (SSSR count). The summed E-state index contributed by atoms with van der Waals surface area (Å²) in [4.78, 5) is 0. The molecule has 1 unspecified atom stereocenters. The van der Waals surface area contributed by atoms with Crippen molar-refractivity contribution in [2.75, 3.05) is 5.32 Å². The maximum atomic E-state index is 8.91. The highest BCUT2D eigenvalue weighted by Gasteiger charge is 2.09. The molecule has 2 heterocycles. The predicted molar refractivity (Wildman–Crippen MR) is 62.2 cm³/mol. The van der Waals surface area contributed by atoms with E-state index in [1.54, 1.807) is 12.3 Å². The molecule has 5 heteroatoms. The number of rotatable bonds is 4. The molecule has 0 saturated carbocycles. The molecule has 5 nitrogen and oxygen atoms in total. The fourth-order valence-electron chi connectivity index (χ4n) is 1.54. The molecule has 2 aromatic rings. The highest BCUT2D eigenvalue weighted by atomic mass is 16.3. The Labute approximate surface area is 99.1 Å². The van der Waals surface area contributed by atoms with E-state index in [0.717, 1.165) is 12.2 Å². The van der Waals surface area contributed by atoms with Crippen molar-refractivity contribution in [1.82, 2.24) is 10.2 Å². The normalized spacial score (nSPS) is 11.8. The third-order valence-corrected chi connectivity index (χ3v) is 2.31. The first-order valence-electron chi connectivity index (χ1n) is 5.30. The largest absolute Gasteiger partial charge is 0.469 e. The molecule has 0 aliphatic rings. The first kappa shape index (κ1) is 11.1. The van der Waals surface area contributed by atoms with E-state index in [2.05, 4.69) is 21.6 Å². The SMILES string of the molecule is CC(Cc1ccco1)Nc1nnccc1C#N. The van der Waals surface area contributed by atoms with E-state index < -0.39 is 0 Å². The lowest BCUT2D eigenvalue weighted by Gasteiger charge is -2.13. The third kappa shape index (κ3) is 2.82. The summed E-state index contributed by atoms with van der Waals surface area (Å²) in [6.07, 6.45) is 3.88. The zero-order chi connectivity index (χ0) is 12.1. The number of furan rings is 1. The van der Waals surface area contributed by atoms with E-state index in [0.29, 0.717) is 11.4 Å². The smallest absolute Gasteiger partial charge is 0.166 e. The molecule has 0 radical (unpaired) electrons. The molecular formula is C12H12N4O. The van der Waals surface area contributed by atoms with Crippen molar-refractivity contribution in [3.8, 4) is 6.07 Å². The molecule has 86 valence electrons. The van der Waals surface area contributed by atoms with Crippen molar-refractivity contribution >= 4 is 5.82 Å². The molecule has 0 saturated heterocycles. The van der Waals surface area contributed by atoms with Gasteiger partial charge in [-0.15, -0.1) is 5.10 Å². The lowest BCUT2D eigenvalue weighted by Crippen LogP contribution is -2.19. The predicted octanol–water partition coefficient (Wildman–Crippen LogP) is 1.98. The molecule has 0 aromatic carbocycles. The molecule has 1 atom stereocenters. The van der Waals surface area contributed by atoms with Crippen LogP contribution in [0.5, 0.6) is 0 Å². The molecule has 0 aliphatic carbocycles. The second kappa shape index (κ2) is 5.12. The van der Waals surface area contributed by atoms with Gasteiger partial charge in [0, 0.05) is 12.5 Å². The van der Waals surface area contributed by atoms with Crippen molar-refractivity contribution in [1.29, 1.82) is 5.26 Å². The Morgan fingerprint density at radius 1 is 1.53 bits per heavy atom. The lowest BCUT2D eigenvalue weighted by molar-refractivity contribution is 0.497. The van der Waals surface area contributed by atoms with Crippen molar-refractivity contribution in [2.24, 2.45) is 0 Å². The number of hydrogen-bond donors (Lipinski definition) is 1. The minimum atomic E-state index is 0.116. The fourth-order valence-corrected chi connectivity index (χ4v) is 1.54. The number of hydrogen-bond acceptors (Lipinski definition) is 5. The van der Waals surface area contributed by atoms with Gasteiger partial charge in [0.15, 0.2) is 5.82 Å². The van der Waals surface area contributed by atoms with E-state index in [4.69, 9.17) is 9.68 Å². The Balaban J connectivity index is 2.03. The number of anilines is 1. The molecule has 0 spiro atoms. The van der Waals surface area contributed by atoms with Crippen molar-refractivity contribution in [2.45, 2.75) is 19.4 Å². The average Bonchev–Trinajstić information content (AvgIpc) is 2.82. The van der Waals surface area contributed by atoms with Gasteiger partial charge in [0.1, 0.15) is 11.8 Å². The number of nitrogens with zero attached hydrogens (tertiary/aromatic N) is 3. The molecule has 0 fully saturated rings. The Morgan fingerprint density at radius 3 is 3.12 bits per heavy atom. The van der Waals surface area contributed by atoms with Crippen LogP contribution in [-0.2, 0) is 6.42 Å². The summed E-state index contributed by atoms with van der Waals surface area (Å²) < 4.78 is 5.26. The van der Waals surface area contributed by atoms with E-state index in [9.17, 15) is 0 Å². The number of nitriles is 1. The third-order valence-electron chi connectivity index (χ3n) is 2.31. The monoisotopic (exact) mass is 228 g/mol. The highest BCUT2D eigenvalue weighted by Crippen LogP contribution is 2.12. The summed E-state index contributed by atoms with van der Waals surface area (Å²) in [5, 5.41) is 19.7. The molecule has 0 bridgehead atoms. The minimum Gasteiger partial charge on any atom is -0.469 e. The van der Waals surface area contributed by atoms with Crippen LogP contribution in [0.3, 0.4) is 0 Å². The zero-order valence-electron chi connectivity index (χ0n) is 9.42. The van der Waals surface area contributed by atoms with Crippen LogP contribution in [0.2, 0.25) is 0 Å². The van der Waals surface area contributed by atoms with Gasteiger partial charge in [-0.2, -0.15) is 10.4 Å². The van der Waals surface area contributed by atoms with Crippen LogP contribution in [0, 0.1) is 11.3 Å². The molecule has 1 N–H and O–H groups in total. The minimum absolute atomic E-state index is 0.116. The van der Waals surface area contributed by atoms with Crippen molar-refractivity contribution in [3.63, 3.8) is 0 Å². The van der Waals surface area contributed by atoms with Gasteiger partial charge in [-0.1, -0.05) is 0 Å². The average molecular weight is 228 g/mol. The van der Waals surface area contributed by atoms with E-state index >= 15 is 0 Å². The van der Waals surface area contributed by atoms with Gasteiger partial charge in [-0.05, 0) is 25.1 Å². The topological polar surface area (TPSA) is 74.7 Å². The second-order valence-corrected chi connectivity index (χ2v) is 3.73. The Morgan fingerprint density at radius 2 is 2.41 bits per heavy atom. The van der Waals surface area contributed by atoms with Gasteiger partial charge in [-0.25, -0.2) is 0 Å². The van der Waals surface area contributed by atoms with Crippen LogP contribution in [0.15, 0.2) is 35.1 Å². The maximum absolute atomic E-state index is 8.91. The highest BCUT2D eigenvalue weighted by molar-refractivity contribution is 5.50. The van der Waals surface area contributed by atoms with Crippen LogP contribution in [-0.4, -0.2) is 16.2 Å². The summed E-state index contributed by atoms with van der Waals surface area (Å²) in [5.41, 5.74) is 0.492.